The first-order valence-electron chi connectivity index (χ1n) is 5.50. The third kappa shape index (κ3) is 2.46. The molecule has 1 fully saturated rings. The summed E-state index contributed by atoms with van der Waals surface area (Å²) in [6, 6.07) is 3.22. The van der Waals surface area contributed by atoms with E-state index in [1.807, 2.05) is 4.90 Å². The molecule has 1 aliphatic heterocycles. The smallest absolute Gasteiger partial charge is 0.276 e. The highest BCUT2D eigenvalue weighted by Gasteiger charge is 2.23. The van der Waals surface area contributed by atoms with Gasteiger partial charge in [0, 0.05) is 46.3 Å². The first-order chi connectivity index (χ1) is 8.01. The summed E-state index contributed by atoms with van der Waals surface area (Å²) in [6.45, 7) is 3.43. The Kier molecular flexibility index (Phi) is 3.41. The number of furan rings is 1. The molecule has 0 aliphatic carbocycles. The van der Waals surface area contributed by atoms with Crippen LogP contribution in [0.3, 0.4) is 0 Å². The van der Waals surface area contributed by atoms with Gasteiger partial charge in [-0.2, -0.15) is 0 Å². The molecule has 7 heteroatoms. The van der Waals surface area contributed by atoms with Gasteiger partial charge < -0.3 is 14.6 Å². The molecule has 0 unspecified atom stereocenters. The van der Waals surface area contributed by atoms with Crippen molar-refractivity contribution < 1.29 is 12.8 Å². The minimum absolute atomic E-state index is 0.00367. The van der Waals surface area contributed by atoms with Crippen LogP contribution in [0.15, 0.2) is 21.6 Å². The molecule has 1 aromatic rings. The summed E-state index contributed by atoms with van der Waals surface area (Å²) in [5, 5.41) is 3.23. The number of anilines is 1. The molecule has 1 aliphatic rings. The van der Waals surface area contributed by atoms with Crippen LogP contribution in [0.1, 0.15) is 0 Å². The molecule has 1 saturated heterocycles. The molecular formula is C10H17N3O3S. The highest BCUT2D eigenvalue weighted by molar-refractivity contribution is 7.88. The van der Waals surface area contributed by atoms with Gasteiger partial charge in [-0.3, -0.25) is 0 Å². The minimum atomic E-state index is -3.47. The topological polar surface area (TPSA) is 65.8 Å². The lowest BCUT2D eigenvalue weighted by Crippen LogP contribution is -2.43. The van der Waals surface area contributed by atoms with Crippen LogP contribution in [0.25, 0.3) is 0 Å². The molecule has 1 N–H and O–H groups in total. The normalized spacial score (nSPS) is 17.7. The van der Waals surface area contributed by atoms with Gasteiger partial charge in [0.05, 0.1) is 0 Å². The van der Waals surface area contributed by atoms with Crippen molar-refractivity contribution in [2.75, 3.05) is 45.2 Å². The van der Waals surface area contributed by atoms with Crippen molar-refractivity contribution in [3.8, 4) is 0 Å². The lowest BCUT2D eigenvalue weighted by molar-refractivity contribution is 0.416. The van der Waals surface area contributed by atoms with Crippen LogP contribution >= 0.6 is 0 Å². The van der Waals surface area contributed by atoms with Gasteiger partial charge in [0.2, 0.25) is 5.09 Å². The monoisotopic (exact) mass is 259 g/mol. The second kappa shape index (κ2) is 4.67. The Bertz CT molecular complexity index is 475. The molecule has 0 spiro atoms. The molecule has 0 radical (unpaired) electrons. The van der Waals surface area contributed by atoms with Gasteiger partial charge >= 0.3 is 0 Å². The van der Waals surface area contributed by atoms with Crippen molar-refractivity contribution in [1.82, 2.24) is 9.62 Å². The van der Waals surface area contributed by atoms with Crippen molar-refractivity contribution in [2.24, 2.45) is 0 Å². The Morgan fingerprint density at radius 1 is 1.29 bits per heavy atom. The Hall–Kier alpha value is -1.05. The maximum atomic E-state index is 11.8. The van der Waals surface area contributed by atoms with Crippen molar-refractivity contribution in [3.63, 3.8) is 0 Å². The van der Waals surface area contributed by atoms with Gasteiger partial charge in [0.1, 0.15) is 0 Å². The summed E-state index contributed by atoms with van der Waals surface area (Å²) in [5.74, 6) is 0.618. The average molecular weight is 259 g/mol. The maximum Gasteiger partial charge on any atom is 0.276 e. The molecule has 0 saturated carbocycles. The summed E-state index contributed by atoms with van der Waals surface area (Å²) >= 11 is 0. The number of hydrogen-bond donors (Lipinski definition) is 1. The zero-order valence-electron chi connectivity index (χ0n) is 10.0. The molecule has 2 heterocycles. The standard InChI is InChI=1S/C10H17N3O3S/c1-12(2)17(14,15)10-4-3-9(16-10)13-7-5-11-6-8-13/h3-4,11H,5-8H2,1-2H3. The molecule has 96 valence electrons. The van der Waals surface area contributed by atoms with E-state index in [-0.39, 0.29) is 5.09 Å². The predicted molar refractivity (Wildman–Crippen MR) is 64.7 cm³/mol. The zero-order valence-corrected chi connectivity index (χ0v) is 10.8. The molecule has 0 atom stereocenters. The Labute approximate surface area is 101 Å². The number of hydrogen-bond acceptors (Lipinski definition) is 5. The summed E-state index contributed by atoms with van der Waals surface area (Å²) < 4.78 is 30.2. The highest BCUT2D eigenvalue weighted by Crippen LogP contribution is 2.23. The van der Waals surface area contributed by atoms with Gasteiger partial charge in [0.25, 0.3) is 10.0 Å². The molecule has 0 amide bonds. The van der Waals surface area contributed by atoms with Crippen LogP contribution in [-0.2, 0) is 10.0 Å². The van der Waals surface area contributed by atoms with Gasteiger partial charge in [-0.05, 0) is 6.07 Å². The van der Waals surface area contributed by atoms with Gasteiger partial charge in [0.15, 0.2) is 5.88 Å². The largest absolute Gasteiger partial charge is 0.428 e. The number of nitrogens with one attached hydrogen (secondary N) is 1. The fourth-order valence-corrected chi connectivity index (χ4v) is 2.47. The molecule has 2 rings (SSSR count). The third-order valence-corrected chi connectivity index (χ3v) is 4.42. The summed E-state index contributed by atoms with van der Waals surface area (Å²) in [5.41, 5.74) is 0. The van der Waals surface area contributed by atoms with Crippen molar-refractivity contribution in [1.29, 1.82) is 0 Å². The van der Waals surface area contributed by atoms with Crippen molar-refractivity contribution >= 4 is 15.9 Å². The van der Waals surface area contributed by atoms with E-state index in [2.05, 4.69) is 5.32 Å². The quantitative estimate of drug-likeness (QED) is 0.824. The van der Waals surface area contributed by atoms with Crippen molar-refractivity contribution in [2.45, 2.75) is 5.09 Å². The van der Waals surface area contributed by atoms with Crippen LogP contribution < -0.4 is 10.2 Å². The second-order valence-electron chi connectivity index (χ2n) is 4.12. The first-order valence-corrected chi connectivity index (χ1v) is 6.94. The van der Waals surface area contributed by atoms with E-state index in [4.69, 9.17) is 4.42 Å². The molecule has 6 nitrogen and oxygen atoms in total. The van der Waals surface area contributed by atoms with Gasteiger partial charge in [-0.1, -0.05) is 0 Å². The van der Waals surface area contributed by atoms with E-state index in [0.717, 1.165) is 30.5 Å². The van der Waals surface area contributed by atoms with E-state index in [1.165, 1.54) is 20.2 Å². The summed E-state index contributed by atoms with van der Waals surface area (Å²) in [4.78, 5) is 2.03. The number of nitrogens with zero attached hydrogens (tertiary/aromatic N) is 2. The highest BCUT2D eigenvalue weighted by atomic mass is 32.2. The molecule has 0 aromatic carbocycles. The van der Waals surface area contributed by atoms with Gasteiger partial charge in [-0.25, -0.2) is 12.7 Å². The molecule has 0 bridgehead atoms. The van der Waals surface area contributed by atoms with Crippen LogP contribution in [-0.4, -0.2) is 53.0 Å². The van der Waals surface area contributed by atoms with E-state index in [9.17, 15) is 8.42 Å². The van der Waals surface area contributed by atoms with E-state index in [1.54, 1.807) is 6.07 Å². The van der Waals surface area contributed by atoms with Crippen LogP contribution in [0, 0.1) is 0 Å². The SMILES string of the molecule is CN(C)S(=O)(=O)c1ccc(N2CCNCC2)o1. The fraction of sp³-hybridized carbons (Fsp3) is 0.600. The van der Waals surface area contributed by atoms with Crippen LogP contribution in [0.4, 0.5) is 5.88 Å². The Morgan fingerprint density at radius 3 is 2.53 bits per heavy atom. The van der Waals surface area contributed by atoms with E-state index in [0.29, 0.717) is 5.88 Å². The summed E-state index contributed by atoms with van der Waals surface area (Å²) in [6.07, 6.45) is 0. The lowest BCUT2D eigenvalue weighted by Gasteiger charge is -2.26. The zero-order chi connectivity index (χ0) is 12.5. The lowest BCUT2D eigenvalue weighted by atomic mass is 10.4. The molecule has 1 aromatic heterocycles. The number of piperazine rings is 1. The van der Waals surface area contributed by atoms with E-state index >= 15 is 0 Å². The molecule has 17 heavy (non-hydrogen) atoms. The molecular weight excluding hydrogens is 242 g/mol. The average Bonchev–Trinajstić information content (AvgIpc) is 2.80. The maximum absolute atomic E-state index is 11.8. The minimum Gasteiger partial charge on any atom is -0.428 e. The Balaban J connectivity index is 2.21. The second-order valence-corrected chi connectivity index (χ2v) is 6.20. The fourth-order valence-electron chi connectivity index (χ4n) is 1.68. The van der Waals surface area contributed by atoms with Gasteiger partial charge in [-0.15, -0.1) is 0 Å². The number of rotatable bonds is 3. The Morgan fingerprint density at radius 2 is 1.94 bits per heavy atom. The van der Waals surface area contributed by atoms with Crippen molar-refractivity contribution in [3.05, 3.63) is 12.1 Å². The van der Waals surface area contributed by atoms with Crippen LogP contribution in [0.5, 0.6) is 0 Å². The van der Waals surface area contributed by atoms with E-state index < -0.39 is 10.0 Å². The van der Waals surface area contributed by atoms with Crippen LogP contribution in [0.2, 0.25) is 0 Å². The number of sulfonamides is 1. The third-order valence-electron chi connectivity index (χ3n) is 2.73. The first kappa shape index (κ1) is 12.4. The predicted octanol–water partition coefficient (Wildman–Crippen LogP) is -0.0605. The summed E-state index contributed by atoms with van der Waals surface area (Å²) in [7, 11) is -0.493.